The van der Waals surface area contributed by atoms with Crippen LogP contribution in [0.4, 0.5) is 0 Å². The summed E-state index contributed by atoms with van der Waals surface area (Å²) in [4.78, 5) is 12.0. The maximum absolute atomic E-state index is 11.3. The summed E-state index contributed by atoms with van der Waals surface area (Å²) in [6.07, 6.45) is 1.86. The number of Topliss-reactive ketones (excluding diaryl/α,β-unsaturated/α-hetero) is 1. The van der Waals surface area contributed by atoms with Crippen molar-refractivity contribution in [1.82, 2.24) is 0 Å². The number of thioether (sulfide) groups is 1. The number of aromatic hydroxyl groups is 1. The van der Waals surface area contributed by atoms with Gasteiger partial charge in [-0.15, -0.1) is 11.8 Å². The van der Waals surface area contributed by atoms with Crippen LogP contribution in [0.2, 0.25) is 0 Å². The van der Waals surface area contributed by atoms with Gasteiger partial charge in [0, 0.05) is 10.5 Å². The van der Waals surface area contributed by atoms with E-state index in [1.54, 1.807) is 18.2 Å². The highest BCUT2D eigenvalue weighted by atomic mass is 79.9. The lowest BCUT2D eigenvalue weighted by Gasteiger charge is -2.02. The highest BCUT2D eigenvalue weighted by Gasteiger charge is 2.06. The highest BCUT2D eigenvalue weighted by molar-refractivity contribution is 9.09. The standard InChI is InChI=1S/C9H9BrO2S/c1-13-9-4-6(8(12)5-10)2-3-7(9)11/h2-4,11H,5H2,1H3. The van der Waals surface area contributed by atoms with Crippen molar-refractivity contribution in [3.05, 3.63) is 23.8 Å². The van der Waals surface area contributed by atoms with Crippen LogP contribution in [0.25, 0.3) is 0 Å². The van der Waals surface area contributed by atoms with Crippen molar-refractivity contribution in [2.24, 2.45) is 0 Å². The quantitative estimate of drug-likeness (QED) is 0.516. The van der Waals surface area contributed by atoms with E-state index in [0.717, 1.165) is 4.90 Å². The van der Waals surface area contributed by atoms with Crippen LogP contribution in [-0.4, -0.2) is 22.5 Å². The number of rotatable bonds is 3. The summed E-state index contributed by atoms with van der Waals surface area (Å²) in [7, 11) is 0. The van der Waals surface area contributed by atoms with Gasteiger partial charge in [-0.2, -0.15) is 0 Å². The van der Waals surface area contributed by atoms with Crippen molar-refractivity contribution in [3.63, 3.8) is 0 Å². The monoisotopic (exact) mass is 260 g/mol. The van der Waals surface area contributed by atoms with Crippen LogP contribution in [-0.2, 0) is 0 Å². The average molecular weight is 261 g/mol. The third kappa shape index (κ3) is 2.48. The number of hydrogen-bond donors (Lipinski definition) is 1. The van der Waals surface area contributed by atoms with Crippen LogP contribution in [0, 0.1) is 0 Å². The largest absolute Gasteiger partial charge is 0.507 e. The Labute approximate surface area is 89.5 Å². The van der Waals surface area contributed by atoms with E-state index in [0.29, 0.717) is 10.9 Å². The molecule has 13 heavy (non-hydrogen) atoms. The second kappa shape index (κ2) is 4.67. The zero-order valence-electron chi connectivity index (χ0n) is 7.08. The van der Waals surface area contributed by atoms with Gasteiger partial charge in [-0.3, -0.25) is 4.79 Å². The lowest BCUT2D eigenvalue weighted by Crippen LogP contribution is -1.99. The van der Waals surface area contributed by atoms with E-state index in [1.807, 2.05) is 6.26 Å². The highest BCUT2D eigenvalue weighted by Crippen LogP contribution is 2.27. The summed E-state index contributed by atoms with van der Waals surface area (Å²) < 4.78 is 0. The van der Waals surface area contributed by atoms with Crippen LogP contribution in [0.1, 0.15) is 10.4 Å². The zero-order chi connectivity index (χ0) is 9.84. The van der Waals surface area contributed by atoms with Gasteiger partial charge in [0.25, 0.3) is 0 Å². The zero-order valence-corrected chi connectivity index (χ0v) is 9.48. The number of hydrogen-bond acceptors (Lipinski definition) is 3. The lowest BCUT2D eigenvalue weighted by atomic mass is 10.1. The van der Waals surface area contributed by atoms with Gasteiger partial charge in [-0.05, 0) is 24.5 Å². The van der Waals surface area contributed by atoms with E-state index in [1.165, 1.54) is 11.8 Å². The summed E-state index contributed by atoms with van der Waals surface area (Å²) in [5.74, 6) is 0.244. The molecule has 1 aromatic rings. The topological polar surface area (TPSA) is 37.3 Å². The van der Waals surface area contributed by atoms with Crippen LogP contribution >= 0.6 is 27.7 Å². The van der Waals surface area contributed by atoms with E-state index in [2.05, 4.69) is 15.9 Å². The molecular weight excluding hydrogens is 252 g/mol. The number of halogens is 1. The lowest BCUT2D eigenvalue weighted by molar-refractivity contribution is 0.102. The van der Waals surface area contributed by atoms with Gasteiger partial charge in [0.15, 0.2) is 5.78 Å². The molecule has 0 unspecified atom stereocenters. The molecular formula is C9H9BrO2S. The Morgan fingerprint density at radius 1 is 1.62 bits per heavy atom. The summed E-state index contributed by atoms with van der Waals surface area (Å²) >= 11 is 4.52. The Bertz CT molecular complexity index is 325. The fraction of sp³-hybridized carbons (Fsp3) is 0.222. The predicted molar refractivity (Wildman–Crippen MR) is 58.0 cm³/mol. The second-order valence-electron chi connectivity index (χ2n) is 2.44. The van der Waals surface area contributed by atoms with Gasteiger partial charge in [0.1, 0.15) is 5.75 Å². The second-order valence-corrected chi connectivity index (χ2v) is 3.85. The van der Waals surface area contributed by atoms with Crippen molar-refractivity contribution in [2.75, 3.05) is 11.6 Å². The molecule has 1 N–H and O–H groups in total. The molecule has 0 saturated heterocycles. The molecule has 0 radical (unpaired) electrons. The number of carbonyl (C=O) groups is 1. The van der Waals surface area contributed by atoms with Crippen molar-refractivity contribution >= 4 is 33.5 Å². The van der Waals surface area contributed by atoms with Gasteiger partial charge in [0.05, 0.1) is 5.33 Å². The maximum atomic E-state index is 11.3. The molecule has 0 amide bonds. The minimum Gasteiger partial charge on any atom is -0.507 e. The van der Waals surface area contributed by atoms with E-state index >= 15 is 0 Å². The molecule has 0 aliphatic rings. The number of alkyl halides is 1. The average Bonchev–Trinajstić information content (AvgIpc) is 2.17. The predicted octanol–water partition coefficient (Wildman–Crippen LogP) is 2.69. The molecule has 0 spiro atoms. The van der Waals surface area contributed by atoms with E-state index in [4.69, 9.17) is 0 Å². The summed E-state index contributed by atoms with van der Waals surface area (Å²) in [6, 6.07) is 4.87. The molecule has 1 aromatic carbocycles. The van der Waals surface area contributed by atoms with E-state index < -0.39 is 0 Å². The Hall–Kier alpha value is -0.480. The molecule has 1 rings (SSSR count). The third-order valence-electron chi connectivity index (χ3n) is 1.62. The molecule has 0 bridgehead atoms. The number of phenols is 1. The fourth-order valence-electron chi connectivity index (χ4n) is 0.928. The van der Waals surface area contributed by atoms with Crippen molar-refractivity contribution in [2.45, 2.75) is 4.90 Å². The number of phenolic OH excluding ortho intramolecular Hbond substituents is 1. The van der Waals surface area contributed by atoms with Crippen LogP contribution in [0.5, 0.6) is 5.75 Å². The van der Waals surface area contributed by atoms with Gasteiger partial charge in [-0.1, -0.05) is 15.9 Å². The molecule has 0 atom stereocenters. The van der Waals surface area contributed by atoms with Gasteiger partial charge in [0.2, 0.25) is 0 Å². The third-order valence-corrected chi connectivity index (χ3v) is 2.90. The van der Waals surface area contributed by atoms with Gasteiger partial charge < -0.3 is 5.11 Å². The first-order valence-corrected chi connectivity index (χ1v) is 6.00. The molecule has 0 aliphatic heterocycles. The minimum atomic E-state index is 0.0234. The van der Waals surface area contributed by atoms with Crippen molar-refractivity contribution in [1.29, 1.82) is 0 Å². The minimum absolute atomic E-state index is 0.0234. The van der Waals surface area contributed by atoms with Crippen LogP contribution in [0.3, 0.4) is 0 Å². The molecule has 4 heteroatoms. The van der Waals surface area contributed by atoms with Gasteiger partial charge >= 0.3 is 0 Å². The molecule has 0 aromatic heterocycles. The Balaban J connectivity index is 3.06. The number of ketones is 1. The number of benzene rings is 1. The van der Waals surface area contributed by atoms with Gasteiger partial charge in [-0.25, -0.2) is 0 Å². The summed E-state index contributed by atoms with van der Waals surface area (Å²) in [5.41, 5.74) is 0.624. The first-order chi connectivity index (χ1) is 6.19. The Morgan fingerprint density at radius 3 is 2.85 bits per heavy atom. The molecule has 70 valence electrons. The SMILES string of the molecule is CSc1cc(C(=O)CBr)ccc1O. The number of carbonyl (C=O) groups excluding carboxylic acids is 1. The molecule has 2 nitrogen and oxygen atoms in total. The Kier molecular flexibility index (Phi) is 3.81. The molecule has 0 fully saturated rings. The summed E-state index contributed by atoms with van der Waals surface area (Å²) in [6.45, 7) is 0. The van der Waals surface area contributed by atoms with Crippen LogP contribution < -0.4 is 0 Å². The fourth-order valence-corrected chi connectivity index (χ4v) is 1.77. The first-order valence-electron chi connectivity index (χ1n) is 3.65. The molecule has 0 aliphatic carbocycles. The Morgan fingerprint density at radius 2 is 2.31 bits per heavy atom. The molecule has 0 heterocycles. The normalized spacial score (nSPS) is 10.0. The first kappa shape index (κ1) is 10.6. The van der Waals surface area contributed by atoms with Crippen molar-refractivity contribution < 1.29 is 9.90 Å². The van der Waals surface area contributed by atoms with Crippen molar-refractivity contribution in [3.8, 4) is 5.75 Å². The van der Waals surface area contributed by atoms with E-state index in [-0.39, 0.29) is 11.5 Å². The summed E-state index contributed by atoms with van der Waals surface area (Å²) in [5, 5.41) is 9.66. The van der Waals surface area contributed by atoms with Crippen LogP contribution in [0.15, 0.2) is 23.1 Å². The molecule has 0 saturated carbocycles. The van der Waals surface area contributed by atoms with E-state index in [9.17, 15) is 9.90 Å². The smallest absolute Gasteiger partial charge is 0.173 e. The maximum Gasteiger partial charge on any atom is 0.173 e.